The van der Waals surface area contributed by atoms with Crippen LogP contribution in [0.1, 0.15) is 0 Å². The number of nitrogens with zero attached hydrogens (tertiary/aromatic N) is 1. The average molecular weight is 302 g/mol. The zero-order valence-corrected chi connectivity index (χ0v) is 10.5. The summed E-state index contributed by atoms with van der Waals surface area (Å²) in [5, 5.41) is 2.78. The van der Waals surface area contributed by atoms with Crippen molar-refractivity contribution in [1.82, 2.24) is 9.97 Å². The van der Waals surface area contributed by atoms with E-state index < -0.39 is 5.82 Å². The molecule has 0 atom stereocenters. The van der Waals surface area contributed by atoms with Gasteiger partial charge in [0.2, 0.25) is 5.91 Å². The number of fused-ring (bicyclic) bond motifs is 1. The minimum Gasteiger partial charge on any atom is -0.375 e. The highest BCUT2D eigenvalue weighted by Gasteiger charge is 2.14. The average Bonchev–Trinajstić information content (AvgIpc) is 2.68. The van der Waals surface area contributed by atoms with Gasteiger partial charge in [-0.15, -0.1) is 0 Å². The second-order valence-corrected chi connectivity index (χ2v) is 4.18. The predicted molar refractivity (Wildman–Crippen MR) is 64.3 cm³/mol. The summed E-state index contributed by atoms with van der Waals surface area (Å²) in [7, 11) is 1.41. The smallest absolute Gasteiger partial charge is 0.250 e. The fourth-order valence-corrected chi connectivity index (χ4v) is 1.75. The van der Waals surface area contributed by atoms with Gasteiger partial charge in [0, 0.05) is 19.5 Å². The standard InChI is InChI=1S/C10H9BrFN3O2/c1-17-4-7(16)15-6-3-14-10-8(6)9(12)5(11)2-13-10/h2-3H,4H2,1H3,(H,13,14)(H,15,16). The molecule has 17 heavy (non-hydrogen) atoms. The van der Waals surface area contributed by atoms with Gasteiger partial charge in [0.05, 0.1) is 15.5 Å². The number of H-pyrrole nitrogens is 1. The van der Waals surface area contributed by atoms with Crippen LogP contribution in [-0.4, -0.2) is 29.6 Å². The summed E-state index contributed by atoms with van der Waals surface area (Å²) in [6, 6.07) is 0. The van der Waals surface area contributed by atoms with E-state index >= 15 is 0 Å². The number of anilines is 1. The molecule has 0 saturated carbocycles. The molecule has 2 rings (SSSR count). The van der Waals surface area contributed by atoms with Crippen molar-refractivity contribution in [1.29, 1.82) is 0 Å². The number of carbonyl (C=O) groups is 1. The molecule has 2 heterocycles. The van der Waals surface area contributed by atoms with E-state index in [1.54, 1.807) is 0 Å². The zero-order valence-electron chi connectivity index (χ0n) is 8.88. The topological polar surface area (TPSA) is 67.0 Å². The maximum absolute atomic E-state index is 13.8. The Morgan fingerprint density at radius 1 is 1.71 bits per heavy atom. The Morgan fingerprint density at radius 3 is 3.18 bits per heavy atom. The van der Waals surface area contributed by atoms with Crippen LogP contribution in [0, 0.1) is 5.82 Å². The van der Waals surface area contributed by atoms with Gasteiger partial charge >= 0.3 is 0 Å². The lowest BCUT2D eigenvalue weighted by atomic mass is 10.3. The summed E-state index contributed by atoms with van der Waals surface area (Å²) < 4.78 is 18.8. The number of ether oxygens (including phenoxy) is 1. The molecule has 0 saturated heterocycles. The van der Waals surface area contributed by atoms with E-state index in [4.69, 9.17) is 0 Å². The summed E-state index contributed by atoms with van der Waals surface area (Å²) in [5.74, 6) is -0.822. The Morgan fingerprint density at radius 2 is 2.47 bits per heavy atom. The van der Waals surface area contributed by atoms with E-state index in [9.17, 15) is 9.18 Å². The quantitative estimate of drug-likeness (QED) is 0.912. The van der Waals surface area contributed by atoms with Crippen LogP contribution in [0.25, 0.3) is 11.0 Å². The molecule has 2 N–H and O–H groups in total. The first kappa shape index (κ1) is 12.0. The molecule has 0 bridgehead atoms. The molecule has 90 valence electrons. The number of rotatable bonds is 3. The normalized spacial score (nSPS) is 10.8. The van der Waals surface area contributed by atoms with E-state index in [1.807, 2.05) is 0 Å². The highest BCUT2D eigenvalue weighted by Crippen LogP contribution is 2.28. The Balaban J connectivity index is 2.41. The molecule has 7 heteroatoms. The lowest BCUT2D eigenvalue weighted by molar-refractivity contribution is -0.119. The number of hydrogen-bond donors (Lipinski definition) is 2. The van der Waals surface area contributed by atoms with Gasteiger partial charge in [-0.25, -0.2) is 9.37 Å². The molecule has 0 radical (unpaired) electrons. The number of nitrogens with one attached hydrogen (secondary N) is 2. The zero-order chi connectivity index (χ0) is 12.4. The van der Waals surface area contributed by atoms with Crippen LogP contribution in [0.3, 0.4) is 0 Å². The second-order valence-electron chi connectivity index (χ2n) is 3.33. The maximum atomic E-state index is 13.8. The van der Waals surface area contributed by atoms with Gasteiger partial charge in [-0.1, -0.05) is 0 Å². The molecule has 2 aromatic heterocycles. The van der Waals surface area contributed by atoms with Crippen LogP contribution in [0.2, 0.25) is 0 Å². The molecule has 0 aliphatic rings. The predicted octanol–water partition coefficient (Wildman–Crippen LogP) is 2.05. The Hall–Kier alpha value is -1.47. The van der Waals surface area contributed by atoms with Crippen LogP contribution >= 0.6 is 15.9 Å². The SMILES string of the molecule is COCC(=O)Nc1c[nH]c2ncc(Br)c(F)c12. The molecule has 0 aliphatic carbocycles. The lowest BCUT2D eigenvalue weighted by Crippen LogP contribution is -2.16. The van der Waals surface area contributed by atoms with E-state index in [0.717, 1.165) is 0 Å². The third-order valence-electron chi connectivity index (χ3n) is 2.15. The van der Waals surface area contributed by atoms with Gasteiger partial charge in [0.25, 0.3) is 0 Å². The largest absolute Gasteiger partial charge is 0.375 e. The fraction of sp³-hybridized carbons (Fsp3) is 0.200. The number of amides is 1. The van der Waals surface area contributed by atoms with Gasteiger partial charge in [-0.3, -0.25) is 4.79 Å². The monoisotopic (exact) mass is 301 g/mol. The molecule has 0 aliphatic heterocycles. The van der Waals surface area contributed by atoms with Crippen LogP contribution in [0.15, 0.2) is 16.9 Å². The number of aromatic amines is 1. The summed E-state index contributed by atoms with van der Waals surface area (Å²) in [6.07, 6.45) is 2.84. The van der Waals surface area contributed by atoms with Crippen molar-refractivity contribution in [2.45, 2.75) is 0 Å². The highest BCUT2D eigenvalue weighted by atomic mass is 79.9. The van der Waals surface area contributed by atoms with Crippen LogP contribution in [-0.2, 0) is 9.53 Å². The van der Waals surface area contributed by atoms with Gasteiger partial charge in [-0.05, 0) is 15.9 Å². The first-order chi connectivity index (χ1) is 8.13. The molecule has 5 nitrogen and oxygen atoms in total. The summed E-state index contributed by atoms with van der Waals surface area (Å²) >= 11 is 3.04. The van der Waals surface area contributed by atoms with E-state index in [-0.39, 0.29) is 22.4 Å². The summed E-state index contributed by atoms with van der Waals surface area (Å²) in [4.78, 5) is 18.1. The van der Waals surface area contributed by atoms with Crippen molar-refractivity contribution in [3.63, 3.8) is 0 Å². The van der Waals surface area contributed by atoms with Crippen LogP contribution < -0.4 is 5.32 Å². The van der Waals surface area contributed by atoms with Crippen molar-refractivity contribution in [3.8, 4) is 0 Å². The van der Waals surface area contributed by atoms with Crippen LogP contribution in [0.4, 0.5) is 10.1 Å². The molecular formula is C10H9BrFN3O2. The van der Waals surface area contributed by atoms with Gasteiger partial charge in [0.15, 0.2) is 5.82 Å². The molecular weight excluding hydrogens is 293 g/mol. The number of methoxy groups -OCH3 is 1. The van der Waals surface area contributed by atoms with Crippen molar-refractivity contribution < 1.29 is 13.9 Å². The number of pyridine rings is 1. The van der Waals surface area contributed by atoms with Crippen molar-refractivity contribution in [3.05, 3.63) is 22.7 Å². The molecule has 2 aromatic rings. The highest BCUT2D eigenvalue weighted by molar-refractivity contribution is 9.10. The molecule has 0 aromatic carbocycles. The maximum Gasteiger partial charge on any atom is 0.250 e. The minimum absolute atomic E-state index is 0.0876. The first-order valence-corrected chi connectivity index (χ1v) is 5.52. The minimum atomic E-state index is -0.469. The van der Waals surface area contributed by atoms with Crippen molar-refractivity contribution in [2.75, 3.05) is 19.0 Å². The summed E-state index contributed by atoms with van der Waals surface area (Å²) in [5.41, 5.74) is 0.715. The lowest BCUT2D eigenvalue weighted by Gasteiger charge is -2.03. The second kappa shape index (κ2) is 4.80. The molecule has 0 unspecified atom stereocenters. The molecule has 0 spiro atoms. The van der Waals surface area contributed by atoms with Crippen LogP contribution in [0.5, 0.6) is 0 Å². The van der Waals surface area contributed by atoms with E-state index in [1.165, 1.54) is 19.5 Å². The molecule has 0 fully saturated rings. The Labute approximate surface area is 104 Å². The fourth-order valence-electron chi connectivity index (χ4n) is 1.45. The van der Waals surface area contributed by atoms with Gasteiger partial charge in [-0.2, -0.15) is 0 Å². The molecule has 1 amide bonds. The number of halogens is 2. The first-order valence-electron chi connectivity index (χ1n) is 4.73. The Bertz CT molecular complexity index is 570. The van der Waals surface area contributed by atoms with Crippen molar-refractivity contribution in [2.24, 2.45) is 0 Å². The van der Waals surface area contributed by atoms with Gasteiger partial charge in [0.1, 0.15) is 12.3 Å². The summed E-state index contributed by atoms with van der Waals surface area (Å²) in [6.45, 7) is -0.0876. The van der Waals surface area contributed by atoms with E-state index in [2.05, 4.69) is 36.0 Å². The Kier molecular flexibility index (Phi) is 3.39. The number of aromatic nitrogens is 2. The van der Waals surface area contributed by atoms with Crippen molar-refractivity contribution >= 4 is 38.6 Å². The van der Waals surface area contributed by atoms with Gasteiger partial charge < -0.3 is 15.0 Å². The van der Waals surface area contributed by atoms with E-state index in [0.29, 0.717) is 11.3 Å². The third-order valence-corrected chi connectivity index (χ3v) is 2.70. The number of carbonyl (C=O) groups excluding carboxylic acids is 1. The number of hydrogen-bond acceptors (Lipinski definition) is 3. The third kappa shape index (κ3) is 2.29.